The molecule has 0 aliphatic rings. The van der Waals surface area contributed by atoms with E-state index >= 15 is 0 Å². The van der Waals surface area contributed by atoms with E-state index in [1.165, 1.54) is 6.39 Å². The summed E-state index contributed by atoms with van der Waals surface area (Å²) in [6.45, 7) is 5.61. The van der Waals surface area contributed by atoms with E-state index < -0.39 is 11.7 Å². The Labute approximate surface area is 99.1 Å². The first-order chi connectivity index (χ1) is 7.42. The molecule has 1 aromatic rings. The molecule has 0 saturated heterocycles. The highest BCUT2D eigenvalue weighted by atomic mass is 35.5. The first-order valence-electron chi connectivity index (χ1n) is 4.86. The number of hydrogen-bond donors (Lipinski definition) is 1. The molecule has 1 heterocycles. The third-order valence-corrected chi connectivity index (χ3v) is 1.90. The minimum absolute atomic E-state index is 0.219. The summed E-state index contributed by atoms with van der Waals surface area (Å²) in [6.07, 6.45) is 0.800. The highest BCUT2D eigenvalue weighted by molar-refractivity contribution is 6.16. The molecule has 16 heavy (non-hydrogen) atoms. The second-order valence-corrected chi connectivity index (χ2v) is 4.48. The zero-order chi connectivity index (χ0) is 12.2. The van der Waals surface area contributed by atoms with Gasteiger partial charge in [0.15, 0.2) is 6.39 Å². The molecule has 0 spiro atoms. The number of halogens is 1. The van der Waals surface area contributed by atoms with Gasteiger partial charge in [0.1, 0.15) is 11.4 Å². The second-order valence-electron chi connectivity index (χ2n) is 4.21. The number of alkyl carbamates (subject to hydrolysis) is 1. The Morgan fingerprint density at radius 1 is 1.62 bits per heavy atom. The number of carbonyl (C=O) groups excluding carboxylic acids is 1. The summed E-state index contributed by atoms with van der Waals surface area (Å²) in [5, 5.41) is 2.56. The number of nitrogens with one attached hydrogen (secondary N) is 1. The lowest BCUT2D eigenvalue weighted by Gasteiger charge is -2.19. The van der Waals surface area contributed by atoms with Crippen LogP contribution in [0.5, 0.6) is 0 Å². The largest absolute Gasteiger partial charge is 0.446 e. The third-order valence-electron chi connectivity index (χ3n) is 1.64. The molecular formula is C10H15ClN2O3. The first-order valence-corrected chi connectivity index (χ1v) is 5.40. The van der Waals surface area contributed by atoms with Gasteiger partial charge in [-0.2, -0.15) is 0 Å². The van der Waals surface area contributed by atoms with Crippen LogP contribution in [0, 0.1) is 0 Å². The zero-order valence-electron chi connectivity index (χ0n) is 9.54. The highest BCUT2D eigenvalue weighted by Crippen LogP contribution is 2.10. The predicted molar refractivity (Wildman–Crippen MR) is 59.1 cm³/mol. The molecule has 1 N–H and O–H groups in total. The molecule has 90 valence electrons. The fourth-order valence-electron chi connectivity index (χ4n) is 1.01. The van der Waals surface area contributed by atoms with Gasteiger partial charge < -0.3 is 14.5 Å². The van der Waals surface area contributed by atoms with Crippen LogP contribution in [-0.2, 0) is 17.2 Å². The molecule has 1 aromatic heterocycles. The van der Waals surface area contributed by atoms with Crippen molar-refractivity contribution in [3.05, 3.63) is 17.8 Å². The fourth-order valence-corrected chi connectivity index (χ4v) is 1.23. The minimum atomic E-state index is -0.513. The summed E-state index contributed by atoms with van der Waals surface area (Å²) in [7, 11) is 0. The van der Waals surface area contributed by atoms with Gasteiger partial charge in [0.25, 0.3) is 0 Å². The molecular weight excluding hydrogens is 232 g/mol. The van der Waals surface area contributed by atoms with Crippen molar-refractivity contribution in [1.82, 2.24) is 10.3 Å². The number of amides is 1. The molecule has 1 amide bonds. The van der Waals surface area contributed by atoms with Crippen molar-refractivity contribution in [2.45, 2.75) is 38.8 Å². The van der Waals surface area contributed by atoms with E-state index in [0.717, 1.165) is 0 Å². The maximum absolute atomic E-state index is 11.3. The van der Waals surface area contributed by atoms with Crippen LogP contribution in [0.3, 0.4) is 0 Å². The van der Waals surface area contributed by atoms with Crippen molar-refractivity contribution in [3.63, 3.8) is 0 Å². The van der Waals surface area contributed by atoms with Crippen molar-refractivity contribution >= 4 is 17.7 Å². The Balaban J connectivity index is 2.43. The van der Waals surface area contributed by atoms with Gasteiger partial charge in [-0.3, -0.25) is 0 Å². The molecule has 5 nitrogen and oxygen atoms in total. The number of oxazole rings is 1. The average Bonchev–Trinajstić information content (AvgIpc) is 2.59. The smallest absolute Gasteiger partial charge is 0.408 e. The van der Waals surface area contributed by atoms with E-state index in [-0.39, 0.29) is 12.4 Å². The Morgan fingerprint density at radius 3 is 2.88 bits per heavy atom. The van der Waals surface area contributed by atoms with Crippen LogP contribution < -0.4 is 5.32 Å². The lowest BCUT2D eigenvalue weighted by molar-refractivity contribution is 0.0520. The maximum atomic E-state index is 11.3. The molecule has 0 aliphatic carbocycles. The van der Waals surface area contributed by atoms with E-state index in [2.05, 4.69) is 10.3 Å². The quantitative estimate of drug-likeness (QED) is 0.832. The van der Waals surface area contributed by atoms with Crippen LogP contribution in [0.4, 0.5) is 4.79 Å². The van der Waals surface area contributed by atoms with Gasteiger partial charge in [0, 0.05) is 0 Å². The van der Waals surface area contributed by atoms with Crippen molar-refractivity contribution in [2.75, 3.05) is 0 Å². The molecule has 0 saturated carbocycles. The van der Waals surface area contributed by atoms with Gasteiger partial charge in [0.05, 0.1) is 18.1 Å². The molecule has 1 rings (SSSR count). The Bertz CT molecular complexity index is 357. The van der Waals surface area contributed by atoms with Crippen LogP contribution in [-0.4, -0.2) is 16.7 Å². The van der Waals surface area contributed by atoms with E-state index in [1.54, 1.807) is 20.8 Å². The summed E-state index contributed by atoms with van der Waals surface area (Å²) in [5.41, 5.74) is 0.110. The lowest BCUT2D eigenvalue weighted by atomic mass is 10.2. The maximum Gasteiger partial charge on any atom is 0.408 e. The van der Waals surface area contributed by atoms with Crippen LogP contribution >= 0.6 is 11.6 Å². The van der Waals surface area contributed by atoms with E-state index in [4.69, 9.17) is 20.8 Å². The molecule has 0 aliphatic heterocycles. The molecule has 0 unspecified atom stereocenters. The van der Waals surface area contributed by atoms with Crippen LogP contribution in [0.1, 0.15) is 32.2 Å². The number of carbonyl (C=O) groups is 1. The summed E-state index contributed by atoms with van der Waals surface area (Å²) < 4.78 is 10.1. The van der Waals surface area contributed by atoms with Crippen molar-refractivity contribution in [1.29, 1.82) is 0 Å². The standard InChI is InChI=1S/C10H15ClN2O3/c1-10(2,3)16-9(14)12-5-8-7(4-11)13-6-15-8/h6H,4-5H2,1-3H3,(H,12,14). The summed E-state index contributed by atoms with van der Waals surface area (Å²) in [4.78, 5) is 15.2. The van der Waals surface area contributed by atoms with Gasteiger partial charge in [0.2, 0.25) is 0 Å². The molecule has 0 aromatic carbocycles. The van der Waals surface area contributed by atoms with Crippen molar-refractivity contribution in [2.24, 2.45) is 0 Å². The van der Waals surface area contributed by atoms with Crippen molar-refractivity contribution in [3.8, 4) is 0 Å². The minimum Gasteiger partial charge on any atom is -0.446 e. The Kier molecular flexibility index (Phi) is 4.18. The Morgan fingerprint density at radius 2 is 2.31 bits per heavy atom. The zero-order valence-corrected chi connectivity index (χ0v) is 10.3. The van der Waals surface area contributed by atoms with Crippen LogP contribution in [0.2, 0.25) is 0 Å². The molecule has 0 radical (unpaired) electrons. The molecule has 0 fully saturated rings. The van der Waals surface area contributed by atoms with Gasteiger partial charge >= 0.3 is 6.09 Å². The number of aromatic nitrogens is 1. The monoisotopic (exact) mass is 246 g/mol. The fraction of sp³-hybridized carbons (Fsp3) is 0.600. The lowest BCUT2D eigenvalue weighted by Crippen LogP contribution is -2.32. The van der Waals surface area contributed by atoms with Gasteiger partial charge in [-0.05, 0) is 20.8 Å². The predicted octanol–water partition coefficient (Wildman–Crippen LogP) is 2.44. The SMILES string of the molecule is CC(C)(C)OC(=O)NCc1ocnc1CCl. The third kappa shape index (κ3) is 4.10. The Hall–Kier alpha value is -1.23. The molecule has 6 heteroatoms. The summed E-state index contributed by atoms with van der Waals surface area (Å²) >= 11 is 5.63. The van der Waals surface area contributed by atoms with E-state index in [1.807, 2.05) is 0 Å². The highest BCUT2D eigenvalue weighted by Gasteiger charge is 2.16. The number of rotatable bonds is 3. The van der Waals surface area contributed by atoms with Crippen LogP contribution in [0.15, 0.2) is 10.8 Å². The van der Waals surface area contributed by atoms with Crippen molar-refractivity contribution < 1.29 is 13.9 Å². The summed E-state index contributed by atoms with van der Waals surface area (Å²) in [6, 6.07) is 0. The number of nitrogens with zero attached hydrogens (tertiary/aromatic N) is 1. The average molecular weight is 247 g/mol. The summed E-state index contributed by atoms with van der Waals surface area (Å²) in [5.74, 6) is 0.794. The van der Waals surface area contributed by atoms with Gasteiger partial charge in [-0.1, -0.05) is 0 Å². The first kappa shape index (κ1) is 12.8. The van der Waals surface area contributed by atoms with Crippen LogP contribution in [0.25, 0.3) is 0 Å². The second kappa shape index (κ2) is 5.21. The van der Waals surface area contributed by atoms with Gasteiger partial charge in [-0.25, -0.2) is 9.78 Å². The number of ether oxygens (including phenoxy) is 1. The molecule has 0 bridgehead atoms. The normalized spacial score (nSPS) is 11.2. The van der Waals surface area contributed by atoms with E-state index in [0.29, 0.717) is 11.5 Å². The number of hydrogen-bond acceptors (Lipinski definition) is 4. The van der Waals surface area contributed by atoms with Gasteiger partial charge in [-0.15, -0.1) is 11.6 Å². The number of alkyl halides is 1. The topological polar surface area (TPSA) is 64.4 Å². The van der Waals surface area contributed by atoms with E-state index in [9.17, 15) is 4.79 Å². The molecule has 0 atom stereocenters.